The summed E-state index contributed by atoms with van der Waals surface area (Å²) in [5.74, 6) is -0.173. The zero-order chi connectivity index (χ0) is 10.1. The van der Waals surface area contributed by atoms with E-state index in [4.69, 9.17) is 9.47 Å². The van der Waals surface area contributed by atoms with E-state index >= 15 is 0 Å². The Kier molecular flexibility index (Phi) is 7.69. The van der Waals surface area contributed by atoms with Crippen molar-refractivity contribution in [2.75, 3.05) is 6.79 Å². The quantitative estimate of drug-likeness (QED) is 0.455. The maximum absolute atomic E-state index is 10.9. The van der Waals surface area contributed by atoms with Crippen molar-refractivity contribution in [2.45, 2.75) is 52.6 Å². The second-order valence-electron chi connectivity index (χ2n) is 2.99. The monoisotopic (exact) mass is 188 g/mol. The summed E-state index contributed by atoms with van der Waals surface area (Å²) in [5.41, 5.74) is 0. The number of rotatable bonds is 7. The van der Waals surface area contributed by atoms with Crippen LogP contribution in [-0.2, 0) is 14.3 Å². The third-order valence-corrected chi connectivity index (χ3v) is 1.89. The van der Waals surface area contributed by atoms with E-state index in [0.717, 1.165) is 19.3 Å². The van der Waals surface area contributed by atoms with Gasteiger partial charge in [0.25, 0.3) is 0 Å². The summed E-state index contributed by atoms with van der Waals surface area (Å²) in [6.45, 7) is 6.16. The molecule has 0 atom stereocenters. The standard InChI is InChI=1S/C10H20O3/c1-4-7-10(11)13-8-12-9(5-2)6-3/h9H,4-8H2,1-3H3. The van der Waals surface area contributed by atoms with Crippen LogP contribution in [0.25, 0.3) is 0 Å². The predicted molar refractivity (Wildman–Crippen MR) is 51.3 cm³/mol. The molecule has 0 radical (unpaired) electrons. The van der Waals surface area contributed by atoms with Gasteiger partial charge in [0.1, 0.15) is 0 Å². The molecular formula is C10H20O3. The first-order chi connectivity index (χ1) is 6.24. The van der Waals surface area contributed by atoms with Crippen molar-refractivity contribution in [3.8, 4) is 0 Å². The Hall–Kier alpha value is -0.570. The van der Waals surface area contributed by atoms with Crippen LogP contribution in [0.15, 0.2) is 0 Å². The number of carbonyl (C=O) groups is 1. The zero-order valence-corrected chi connectivity index (χ0v) is 8.84. The lowest BCUT2D eigenvalue weighted by atomic mass is 10.2. The minimum atomic E-state index is -0.173. The molecule has 0 aromatic rings. The minimum Gasteiger partial charge on any atom is -0.438 e. The van der Waals surface area contributed by atoms with Crippen LogP contribution in [0.2, 0.25) is 0 Å². The molecule has 0 unspecified atom stereocenters. The summed E-state index contributed by atoms with van der Waals surface area (Å²) in [6, 6.07) is 0. The molecule has 0 aliphatic carbocycles. The molecule has 0 saturated carbocycles. The highest BCUT2D eigenvalue weighted by atomic mass is 16.7. The Bertz CT molecular complexity index is 130. The van der Waals surface area contributed by atoms with E-state index in [9.17, 15) is 4.79 Å². The molecule has 0 aromatic heterocycles. The van der Waals surface area contributed by atoms with Crippen LogP contribution >= 0.6 is 0 Å². The van der Waals surface area contributed by atoms with Crippen LogP contribution in [0.4, 0.5) is 0 Å². The third-order valence-electron chi connectivity index (χ3n) is 1.89. The van der Waals surface area contributed by atoms with Crippen molar-refractivity contribution in [3.63, 3.8) is 0 Å². The molecule has 3 nitrogen and oxygen atoms in total. The summed E-state index contributed by atoms with van der Waals surface area (Å²) in [6.07, 6.45) is 3.44. The first kappa shape index (κ1) is 12.4. The second kappa shape index (κ2) is 8.05. The average molecular weight is 188 g/mol. The van der Waals surface area contributed by atoms with Gasteiger partial charge >= 0.3 is 5.97 Å². The first-order valence-corrected chi connectivity index (χ1v) is 5.01. The predicted octanol–water partition coefficient (Wildman–Crippen LogP) is 2.49. The fourth-order valence-corrected chi connectivity index (χ4v) is 0.997. The van der Waals surface area contributed by atoms with E-state index in [-0.39, 0.29) is 18.9 Å². The van der Waals surface area contributed by atoms with Crippen molar-refractivity contribution in [1.82, 2.24) is 0 Å². The van der Waals surface area contributed by atoms with Gasteiger partial charge in [-0.25, -0.2) is 0 Å². The summed E-state index contributed by atoms with van der Waals surface area (Å²) < 4.78 is 10.2. The molecule has 3 heteroatoms. The number of hydrogen-bond acceptors (Lipinski definition) is 3. The second-order valence-corrected chi connectivity index (χ2v) is 2.99. The van der Waals surface area contributed by atoms with Crippen LogP contribution in [-0.4, -0.2) is 18.9 Å². The Morgan fingerprint density at radius 2 is 1.85 bits per heavy atom. The van der Waals surface area contributed by atoms with Crippen molar-refractivity contribution >= 4 is 5.97 Å². The van der Waals surface area contributed by atoms with Crippen LogP contribution in [0.3, 0.4) is 0 Å². The molecule has 0 bridgehead atoms. The lowest BCUT2D eigenvalue weighted by Gasteiger charge is -2.13. The van der Waals surface area contributed by atoms with Gasteiger partial charge in [0.2, 0.25) is 0 Å². The van der Waals surface area contributed by atoms with Crippen LogP contribution in [0.1, 0.15) is 46.5 Å². The number of ether oxygens (including phenoxy) is 2. The van der Waals surface area contributed by atoms with E-state index in [0.29, 0.717) is 6.42 Å². The van der Waals surface area contributed by atoms with Crippen molar-refractivity contribution in [1.29, 1.82) is 0 Å². The SMILES string of the molecule is CCCC(=O)OCOC(CC)CC. The van der Waals surface area contributed by atoms with Gasteiger partial charge in [-0.1, -0.05) is 20.8 Å². The molecule has 0 fully saturated rings. The molecule has 13 heavy (non-hydrogen) atoms. The highest BCUT2D eigenvalue weighted by Crippen LogP contribution is 2.02. The van der Waals surface area contributed by atoms with Crippen molar-refractivity contribution in [3.05, 3.63) is 0 Å². The largest absolute Gasteiger partial charge is 0.438 e. The number of hydrogen-bond donors (Lipinski definition) is 0. The fourth-order valence-electron chi connectivity index (χ4n) is 0.997. The Morgan fingerprint density at radius 1 is 1.23 bits per heavy atom. The normalized spacial score (nSPS) is 10.5. The Labute approximate surface area is 80.4 Å². The van der Waals surface area contributed by atoms with Gasteiger partial charge in [0.15, 0.2) is 6.79 Å². The van der Waals surface area contributed by atoms with E-state index in [2.05, 4.69) is 13.8 Å². The summed E-state index contributed by atoms with van der Waals surface area (Å²) in [4.78, 5) is 10.9. The molecule has 0 saturated heterocycles. The fraction of sp³-hybridized carbons (Fsp3) is 0.900. The molecule has 0 heterocycles. The zero-order valence-electron chi connectivity index (χ0n) is 8.84. The molecule has 0 aliphatic rings. The van der Waals surface area contributed by atoms with Gasteiger partial charge in [0, 0.05) is 6.42 Å². The van der Waals surface area contributed by atoms with Crippen LogP contribution in [0, 0.1) is 0 Å². The van der Waals surface area contributed by atoms with E-state index in [1.165, 1.54) is 0 Å². The molecule has 78 valence electrons. The lowest BCUT2D eigenvalue weighted by molar-refractivity contribution is -0.161. The van der Waals surface area contributed by atoms with Gasteiger partial charge in [-0.05, 0) is 19.3 Å². The Morgan fingerprint density at radius 3 is 2.31 bits per heavy atom. The maximum atomic E-state index is 10.9. The maximum Gasteiger partial charge on any atom is 0.307 e. The Balaban J connectivity index is 3.37. The van der Waals surface area contributed by atoms with Gasteiger partial charge < -0.3 is 9.47 Å². The molecule has 0 aromatic carbocycles. The van der Waals surface area contributed by atoms with E-state index < -0.39 is 0 Å². The van der Waals surface area contributed by atoms with Crippen LogP contribution < -0.4 is 0 Å². The van der Waals surface area contributed by atoms with E-state index in [1.54, 1.807) is 0 Å². The molecule has 0 rings (SSSR count). The van der Waals surface area contributed by atoms with Gasteiger partial charge in [-0.3, -0.25) is 4.79 Å². The molecule has 0 amide bonds. The first-order valence-electron chi connectivity index (χ1n) is 5.01. The van der Waals surface area contributed by atoms with Crippen molar-refractivity contribution < 1.29 is 14.3 Å². The lowest BCUT2D eigenvalue weighted by Crippen LogP contribution is -2.15. The summed E-state index contributed by atoms with van der Waals surface area (Å²) in [5, 5.41) is 0. The third kappa shape index (κ3) is 6.58. The number of esters is 1. The van der Waals surface area contributed by atoms with Crippen molar-refractivity contribution in [2.24, 2.45) is 0 Å². The highest BCUT2D eigenvalue weighted by Gasteiger charge is 2.05. The van der Waals surface area contributed by atoms with Crippen LogP contribution in [0.5, 0.6) is 0 Å². The number of carbonyl (C=O) groups excluding carboxylic acids is 1. The minimum absolute atomic E-state index is 0.102. The van der Waals surface area contributed by atoms with Gasteiger partial charge in [-0.15, -0.1) is 0 Å². The summed E-state index contributed by atoms with van der Waals surface area (Å²) >= 11 is 0. The topological polar surface area (TPSA) is 35.5 Å². The van der Waals surface area contributed by atoms with Gasteiger partial charge in [0.05, 0.1) is 6.10 Å². The van der Waals surface area contributed by atoms with Gasteiger partial charge in [-0.2, -0.15) is 0 Å². The smallest absolute Gasteiger partial charge is 0.307 e. The molecule has 0 aliphatic heterocycles. The molecular weight excluding hydrogens is 168 g/mol. The molecule has 0 N–H and O–H groups in total. The summed E-state index contributed by atoms with van der Waals surface area (Å²) in [7, 11) is 0. The average Bonchev–Trinajstić information content (AvgIpc) is 2.13. The highest BCUT2D eigenvalue weighted by molar-refractivity contribution is 5.69. The molecule has 0 spiro atoms. The van der Waals surface area contributed by atoms with E-state index in [1.807, 2.05) is 6.92 Å².